The Hall–Kier alpha value is -3.54. The number of phenols is 2. The van der Waals surface area contributed by atoms with Gasteiger partial charge >= 0.3 is 5.97 Å². The van der Waals surface area contributed by atoms with Crippen LogP contribution in [0, 0.1) is 0 Å². The van der Waals surface area contributed by atoms with Crippen LogP contribution in [0.2, 0.25) is 0 Å². The molecule has 0 saturated carbocycles. The summed E-state index contributed by atoms with van der Waals surface area (Å²) in [5, 5.41) is 21.3. The molecule has 0 aliphatic carbocycles. The van der Waals surface area contributed by atoms with Gasteiger partial charge in [0, 0.05) is 23.4 Å². The highest BCUT2D eigenvalue weighted by Gasteiger charge is 2.22. The number of nitrogens with zero attached hydrogens (tertiary/aromatic N) is 1. The number of benzene rings is 3. The zero-order valence-electron chi connectivity index (χ0n) is 16.3. The topological polar surface area (TPSA) is 87.1 Å². The summed E-state index contributed by atoms with van der Waals surface area (Å²) in [6.07, 6.45) is 0. The summed E-state index contributed by atoms with van der Waals surface area (Å²) in [7, 11) is 0. The van der Waals surface area contributed by atoms with Gasteiger partial charge in [-0.2, -0.15) is 0 Å². The number of fused-ring (bicyclic) bond motifs is 1. The molecule has 0 saturated heterocycles. The molecule has 150 valence electrons. The zero-order valence-corrected chi connectivity index (χ0v) is 16.3. The number of carbonyl (C=O) groups is 2. The third-order valence-corrected chi connectivity index (χ3v) is 4.68. The second-order valence-corrected chi connectivity index (χ2v) is 7.01. The smallest absolute Gasteiger partial charge is 0.342 e. The first-order chi connectivity index (χ1) is 13.9. The van der Waals surface area contributed by atoms with E-state index in [1.807, 2.05) is 44.2 Å². The number of hydrogen-bond acceptors (Lipinski definition) is 5. The van der Waals surface area contributed by atoms with Gasteiger partial charge in [0.05, 0.1) is 0 Å². The van der Waals surface area contributed by atoms with Gasteiger partial charge in [-0.3, -0.25) is 4.79 Å². The van der Waals surface area contributed by atoms with Crippen LogP contribution < -0.4 is 0 Å². The second-order valence-electron chi connectivity index (χ2n) is 7.01. The Morgan fingerprint density at radius 3 is 2.24 bits per heavy atom. The van der Waals surface area contributed by atoms with Crippen LogP contribution in [0.5, 0.6) is 11.5 Å². The molecule has 3 aromatic rings. The molecule has 0 heterocycles. The fourth-order valence-corrected chi connectivity index (χ4v) is 3.12. The molecular weight excluding hydrogens is 370 g/mol. The van der Waals surface area contributed by atoms with Crippen molar-refractivity contribution in [2.45, 2.75) is 26.4 Å². The number of aromatic hydroxyl groups is 2. The van der Waals surface area contributed by atoms with Crippen molar-refractivity contribution in [2.75, 3.05) is 6.61 Å². The largest absolute Gasteiger partial charge is 0.507 e. The highest BCUT2D eigenvalue weighted by molar-refractivity contribution is 6.04. The number of hydrogen-bond donors (Lipinski definition) is 2. The van der Waals surface area contributed by atoms with Gasteiger partial charge in [-0.1, -0.05) is 54.6 Å². The monoisotopic (exact) mass is 393 g/mol. The predicted octanol–water partition coefficient (Wildman–Crippen LogP) is 3.85. The second kappa shape index (κ2) is 8.65. The third-order valence-electron chi connectivity index (χ3n) is 4.68. The highest BCUT2D eigenvalue weighted by atomic mass is 16.5. The average molecular weight is 393 g/mol. The summed E-state index contributed by atoms with van der Waals surface area (Å²) in [6.45, 7) is 3.71. The lowest BCUT2D eigenvalue weighted by Crippen LogP contribution is -2.39. The van der Waals surface area contributed by atoms with Crippen LogP contribution >= 0.6 is 0 Å². The number of esters is 1. The Morgan fingerprint density at radius 1 is 0.966 bits per heavy atom. The molecule has 3 rings (SSSR count). The van der Waals surface area contributed by atoms with E-state index in [0.717, 1.165) is 11.6 Å². The minimum absolute atomic E-state index is 0.0838. The van der Waals surface area contributed by atoms with Crippen molar-refractivity contribution in [2.24, 2.45) is 0 Å². The number of rotatable bonds is 6. The van der Waals surface area contributed by atoms with Gasteiger partial charge in [0.25, 0.3) is 5.91 Å². The van der Waals surface area contributed by atoms with E-state index >= 15 is 0 Å². The van der Waals surface area contributed by atoms with Gasteiger partial charge in [0.2, 0.25) is 0 Å². The van der Waals surface area contributed by atoms with Crippen LogP contribution in [-0.2, 0) is 16.1 Å². The summed E-state index contributed by atoms with van der Waals surface area (Å²) in [5.74, 6) is -1.66. The number of carbonyl (C=O) groups excluding carboxylic acids is 2. The molecule has 0 aliphatic rings. The standard InChI is InChI=1S/C23H23NO5/c1-15(2)24(13-16-8-4-3-5-9-16)21(26)14-29-23(28)19-12-20(25)17-10-6-7-11-18(17)22(19)27/h3-12,15,25,27H,13-14H2,1-2H3. The molecule has 29 heavy (non-hydrogen) atoms. The Morgan fingerprint density at radius 2 is 1.59 bits per heavy atom. The highest BCUT2D eigenvalue weighted by Crippen LogP contribution is 2.35. The van der Waals surface area contributed by atoms with Crippen molar-refractivity contribution in [1.29, 1.82) is 0 Å². The van der Waals surface area contributed by atoms with E-state index in [9.17, 15) is 19.8 Å². The lowest BCUT2D eigenvalue weighted by Gasteiger charge is -2.26. The molecule has 6 nitrogen and oxygen atoms in total. The van der Waals surface area contributed by atoms with Crippen LogP contribution in [0.4, 0.5) is 0 Å². The molecular formula is C23H23NO5. The maximum Gasteiger partial charge on any atom is 0.342 e. The lowest BCUT2D eigenvalue weighted by atomic mass is 10.0. The van der Waals surface area contributed by atoms with Crippen LogP contribution in [-0.4, -0.2) is 39.6 Å². The van der Waals surface area contributed by atoms with Gasteiger partial charge in [0.1, 0.15) is 17.1 Å². The average Bonchev–Trinajstić information content (AvgIpc) is 2.73. The fraction of sp³-hybridized carbons (Fsp3) is 0.217. The maximum atomic E-state index is 12.6. The van der Waals surface area contributed by atoms with Gasteiger partial charge in [0.15, 0.2) is 6.61 Å². The third kappa shape index (κ3) is 4.48. The first-order valence-corrected chi connectivity index (χ1v) is 9.32. The Bertz CT molecular complexity index is 1030. The molecule has 0 spiro atoms. The van der Waals surface area contributed by atoms with Crippen molar-refractivity contribution in [1.82, 2.24) is 4.90 Å². The van der Waals surface area contributed by atoms with E-state index < -0.39 is 12.6 Å². The molecule has 0 bridgehead atoms. The van der Waals surface area contributed by atoms with Crippen molar-refractivity contribution in [3.63, 3.8) is 0 Å². The number of amides is 1. The Kier molecular flexibility index (Phi) is 6.02. The molecule has 0 atom stereocenters. The minimum Gasteiger partial charge on any atom is -0.507 e. The normalized spacial score (nSPS) is 10.9. The Labute approximate surface area is 169 Å². The summed E-state index contributed by atoms with van der Waals surface area (Å²) >= 11 is 0. The summed E-state index contributed by atoms with van der Waals surface area (Å²) < 4.78 is 5.14. The van der Waals surface area contributed by atoms with Crippen molar-refractivity contribution in [3.05, 3.63) is 71.8 Å². The summed E-state index contributed by atoms with van der Waals surface area (Å²) in [4.78, 5) is 26.7. The van der Waals surface area contributed by atoms with Crippen molar-refractivity contribution in [3.8, 4) is 11.5 Å². The molecule has 0 fully saturated rings. The van der Waals surface area contributed by atoms with Gasteiger partial charge < -0.3 is 19.8 Å². The van der Waals surface area contributed by atoms with Crippen LogP contribution in [0.25, 0.3) is 10.8 Å². The zero-order chi connectivity index (χ0) is 21.0. The van der Waals surface area contributed by atoms with Crippen LogP contribution in [0.1, 0.15) is 29.8 Å². The van der Waals surface area contributed by atoms with Gasteiger partial charge in [-0.05, 0) is 25.5 Å². The number of ether oxygens (including phenoxy) is 1. The van der Waals surface area contributed by atoms with E-state index in [0.29, 0.717) is 17.3 Å². The SMILES string of the molecule is CC(C)N(Cc1ccccc1)C(=O)COC(=O)c1cc(O)c2ccccc2c1O. The fourth-order valence-electron chi connectivity index (χ4n) is 3.12. The van der Waals surface area contributed by atoms with Gasteiger partial charge in [-0.25, -0.2) is 4.79 Å². The lowest BCUT2D eigenvalue weighted by molar-refractivity contribution is -0.136. The molecule has 3 aromatic carbocycles. The first-order valence-electron chi connectivity index (χ1n) is 9.32. The maximum absolute atomic E-state index is 12.6. The molecule has 2 N–H and O–H groups in total. The van der Waals surface area contributed by atoms with Crippen molar-refractivity contribution < 1.29 is 24.5 Å². The van der Waals surface area contributed by atoms with Crippen LogP contribution in [0.15, 0.2) is 60.7 Å². The molecule has 0 unspecified atom stereocenters. The molecule has 6 heteroatoms. The predicted molar refractivity (Wildman–Crippen MR) is 110 cm³/mol. The molecule has 1 amide bonds. The van der Waals surface area contributed by atoms with E-state index in [1.54, 1.807) is 29.2 Å². The summed E-state index contributed by atoms with van der Waals surface area (Å²) in [5.41, 5.74) is 0.783. The van der Waals surface area contributed by atoms with E-state index in [2.05, 4.69) is 0 Å². The van der Waals surface area contributed by atoms with Crippen molar-refractivity contribution >= 4 is 22.6 Å². The quantitative estimate of drug-likeness (QED) is 0.491. The first kappa shape index (κ1) is 20.2. The Balaban J connectivity index is 1.73. The molecule has 0 aliphatic heterocycles. The molecule has 0 aromatic heterocycles. The van der Waals surface area contributed by atoms with E-state index in [4.69, 9.17) is 4.74 Å². The summed E-state index contributed by atoms with van der Waals surface area (Å²) in [6, 6.07) is 17.2. The van der Waals surface area contributed by atoms with E-state index in [-0.39, 0.29) is 29.0 Å². The van der Waals surface area contributed by atoms with E-state index in [1.165, 1.54) is 0 Å². The number of phenolic OH excluding ortho intramolecular Hbond substituents is 2. The van der Waals surface area contributed by atoms with Gasteiger partial charge in [-0.15, -0.1) is 0 Å². The minimum atomic E-state index is -0.875. The molecule has 0 radical (unpaired) electrons. The van der Waals surface area contributed by atoms with Crippen LogP contribution in [0.3, 0.4) is 0 Å².